The summed E-state index contributed by atoms with van der Waals surface area (Å²) in [5.41, 5.74) is 14.9. The molecule has 2 fully saturated rings. The van der Waals surface area contributed by atoms with Crippen molar-refractivity contribution in [2.24, 2.45) is 0 Å². The van der Waals surface area contributed by atoms with Crippen molar-refractivity contribution >= 4 is 17.6 Å². The van der Waals surface area contributed by atoms with E-state index >= 15 is 0 Å². The van der Waals surface area contributed by atoms with E-state index in [1.54, 1.807) is 4.68 Å². The van der Waals surface area contributed by atoms with Crippen LogP contribution < -0.4 is 11.5 Å². The van der Waals surface area contributed by atoms with Crippen LogP contribution in [-0.2, 0) is 0 Å². The fraction of sp³-hybridized carbons (Fsp3) is 0.524. The molecular formula is C21H31N7. The lowest BCUT2D eigenvalue weighted by atomic mass is 9.98. The van der Waals surface area contributed by atoms with E-state index < -0.39 is 0 Å². The summed E-state index contributed by atoms with van der Waals surface area (Å²) in [5.74, 6) is 0.489. The van der Waals surface area contributed by atoms with E-state index in [1.807, 2.05) is 12.1 Å². The van der Waals surface area contributed by atoms with Crippen LogP contribution in [0.5, 0.6) is 0 Å². The summed E-state index contributed by atoms with van der Waals surface area (Å²) in [6.45, 7) is 6.94. The molecule has 2 saturated heterocycles. The van der Waals surface area contributed by atoms with Gasteiger partial charge in [-0.05, 0) is 63.4 Å². The Morgan fingerprint density at radius 2 is 1.68 bits per heavy atom. The summed E-state index contributed by atoms with van der Waals surface area (Å²) in [4.78, 5) is 9.21. The number of hydrogen-bond acceptors (Lipinski definition) is 6. The lowest BCUT2D eigenvalue weighted by molar-refractivity contribution is 0.112. The molecule has 1 aromatic heterocycles. The minimum absolute atomic E-state index is 0.187. The molecule has 0 unspecified atom stereocenters. The highest BCUT2D eigenvalue weighted by atomic mass is 15.4. The molecule has 150 valence electrons. The topological polar surface area (TPSA) is 89.2 Å². The Balaban J connectivity index is 1.42. The van der Waals surface area contributed by atoms with Crippen LogP contribution in [0.3, 0.4) is 0 Å². The third kappa shape index (κ3) is 3.85. The summed E-state index contributed by atoms with van der Waals surface area (Å²) in [6, 6.07) is 9.04. The van der Waals surface area contributed by atoms with E-state index in [4.69, 9.17) is 11.5 Å². The Hall–Kier alpha value is -2.54. The second-order valence-electron chi connectivity index (χ2n) is 7.78. The van der Waals surface area contributed by atoms with Gasteiger partial charge in [0.05, 0.1) is 5.69 Å². The normalized spacial score (nSPS) is 19.9. The Bertz CT molecular complexity index is 810. The summed E-state index contributed by atoms with van der Waals surface area (Å²) in [6.07, 6.45) is 8.87. The first kappa shape index (κ1) is 18.8. The van der Waals surface area contributed by atoms with Crippen LogP contribution in [0.25, 0.3) is 11.4 Å². The smallest absolute Gasteiger partial charge is 0.241 e. The van der Waals surface area contributed by atoms with Gasteiger partial charge in [-0.2, -0.15) is 9.67 Å². The van der Waals surface area contributed by atoms with Crippen molar-refractivity contribution in [1.82, 2.24) is 24.6 Å². The maximum atomic E-state index is 5.87. The molecule has 0 atom stereocenters. The Morgan fingerprint density at radius 1 is 1.00 bits per heavy atom. The average Bonchev–Trinajstić information content (AvgIpc) is 3.08. The van der Waals surface area contributed by atoms with E-state index in [9.17, 15) is 0 Å². The molecule has 0 aliphatic carbocycles. The van der Waals surface area contributed by atoms with E-state index in [0.717, 1.165) is 24.8 Å². The number of nitrogens with two attached hydrogens (primary N) is 2. The van der Waals surface area contributed by atoms with Crippen molar-refractivity contribution < 1.29 is 0 Å². The second-order valence-corrected chi connectivity index (χ2v) is 7.78. The number of allylic oxidation sites excluding steroid dienone is 1. The molecule has 7 nitrogen and oxygen atoms in total. The number of nitrogen functional groups attached to an aromatic ring is 2. The standard InChI is InChI=1S/C21H31N7/c1-2-19(27-14-10-17(11-15-27)26-12-4-3-5-13-26)16-6-8-18(9-7-16)28-21(23)24-20(22)25-28/h2,6-9,17H,3-5,10-15H2,1H3,(H4,22,23,24,25)/b19-2+. The largest absolute Gasteiger partial charge is 0.371 e. The van der Waals surface area contributed by atoms with Crippen molar-refractivity contribution in [3.05, 3.63) is 35.9 Å². The zero-order valence-electron chi connectivity index (χ0n) is 16.7. The maximum Gasteiger partial charge on any atom is 0.241 e. The van der Waals surface area contributed by atoms with E-state index in [0.29, 0.717) is 5.95 Å². The molecule has 2 aliphatic rings. The Labute approximate surface area is 167 Å². The molecular weight excluding hydrogens is 350 g/mol. The molecule has 28 heavy (non-hydrogen) atoms. The minimum atomic E-state index is 0.187. The van der Waals surface area contributed by atoms with Crippen LogP contribution >= 0.6 is 0 Å². The molecule has 7 heteroatoms. The summed E-state index contributed by atoms with van der Waals surface area (Å²) >= 11 is 0. The Morgan fingerprint density at radius 3 is 2.25 bits per heavy atom. The zero-order valence-corrected chi connectivity index (χ0v) is 16.7. The number of rotatable bonds is 4. The average molecular weight is 382 g/mol. The summed E-state index contributed by atoms with van der Waals surface area (Å²) in [7, 11) is 0. The first-order chi connectivity index (χ1) is 13.7. The van der Waals surface area contributed by atoms with Crippen molar-refractivity contribution in [3.63, 3.8) is 0 Å². The molecule has 4 rings (SSSR count). The van der Waals surface area contributed by atoms with Gasteiger partial charge in [-0.3, -0.25) is 0 Å². The fourth-order valence-corrected chi connectivity index (χ4v) is 4.59. The first-order valence-corrected chi connectivity index (χ1v) is 10.4. The van der Waals surface area contributed by atoms with Crippen LogP contribution in [0.1, 0.15) is 44.6 Å². The van der Waals surface area contributed by atoms with Gasteiger partial charge in [0.25, 0.3) is 0 Å². The number of hydrogen-bond donors (Lipinski definition) is 2. The van der Waals surface area contributed by atoms with E-state index in [2.05, 4.69) is 45.0 Å². The molecule has 1 aromatic carbocycles. The van der Waals surface area contributed by atoms with E-state index in [1.165, 1.54) is 56.5 Å². The van der Waals surface area contributed by atoms with E-state index in [-0.39, 0.29) is 5.95 Å². The van der Waals surface area contributed by atoms with Crippen LogP contribution in [0.2, 0.25) is 0 Å². The van der Waals surface area contributed by atoms with Gasteiger partial charge in [0.15, 0.2) is 0 Å². The highest BCUT2D eigenvalue weighted by Gasteiger charge is 2.26. The predicted molar refractivity (Wildman–Crippen MR) is 114 cm³/mol. The van der Waals surface area contributed by atoms with Crippen molar-refractivity contribution in [2.45, 2.75) is 45.1 Å². The number of nitrogens with zero attached hydrogens (tertiary/aromatic N) is 5. The molecule has 4 N–H and O–H groups in total. The van der Waals surface area contributed by atoms with Gasteiger partial charge in [0.1, 0.15) is 0 Å². The highest BCUT2D eigenvalue weighted by Crippen LogP contribution is 2.27. The lowest BCUT2D eigenvalue weighted by Crippen LogP contribution is -2.46. The molecule has 3 heterocycles. The summed E-state index contributed by atoms with van der Waals surface area (Å²) < 4.78 is 1.57. The lowest BCUT2D eigenvalue weighted by Gasteiger charge is -2.41. The van der Waals surface area contributed by atoms with Crippen LogP contribution in [0, 0.1) is 0 Å². The SMILES string of the molecule is C/C=C(\c1ccc(-n2nc(N)nc2N)cc1)N1CCC(N2CCCCC2)CC1. The summed E-state index contributed by atoms with van der Waals surface area (Å²) in [5, 5.41) is 4.15. The number of anilines is 2. The molecule has 2 aliphatic heterocycles. The third-order valence-corrected chi connectivity index (χ3v) is 6.04. The molecule has 0 radical (unpaired) electrons. The van der Waals surface area contributed by atoms with Gasteiger partial charge in [-0.1, -0.05) is 24.6 Å². The number of benzene rings is 1. The molecule has 0 bridgehead atoms. The number of piperidine rings is 2. The van der Waals surface area contributed by atoms with Crippen molar-refractivity contribution in [2.75, 3.05) is 37.6 Å². The zero-order chi connectivity index (χ0) is 19.5. The monoisotopic (exact) mass is 381 g/mol. The predicted octanol–water partition coefficient (Wildman–Crippen LogP) is 2.74. The molecule has 0 spiro atoms. The fourth-order valence-electron chi connectivity index (χ4n) is 4.59. The highest BCUT2D eigenvalue weighted by molar-refractivity contribution is 5.65. The van der Waals surface area contributed by atoms with Gasteiger partial charge in [-0.15, -0.1) is 5.10 Å². The first-order valence-electron chi connectivity index (χ1n) is 10.4. The molecule has 0 saturated carbocycles. The van der Waals surface area contributed by atoms with Crippen LogP contribution in [0.15, 0.2) is 30.3 Å². The third-order valence-electron chi connectivity index (χ3n) is 6.04. The number of likely N-dealkylation sites (tertiary alicyclic amines) is 2. The molecule has 2 aromatic rings. The van der Waals surface area contributed by atoms with Gasteiger partial charge in [-0.25, -0.2) is 0 Å². The maximum absolute atomic E-state index is 5.87. The van der Waals surface area contributed by atoms with Gasteiger partial charge >= 0.3 is 0 Å². The number of aromatic nitrogens is 3. The van der Waals surface area contributed by atoms with Crippen molar-refractivity contribution in [3.8, 4) is 5.69 Å². The second kappa shape index (κ2) is 8.22. The minimum Gasteiger partial charge on any atom is -0.371 e. The van der Waals surface area contributed by atoms with Crippen molar-refractivity contribution in [1.29, 1.82) is 0 Å². The van der Waals surface area contributed by atoms with Crippen LogP contribution in [-0.4, -0.2) is 56.8 Å². The van der Waals surface area contributed by atoms with Gasteiger partial charge in [0, 0.05) is 24.8 Å². The Kier molecular flexibility index (Phi) is 5.52. The molecule has 0 amide bonds. The van der Waals surface area contributed by atoms with Gasteiger partial charge in [0.2, 0.25) is 11.9 Å². The van der Waals surface area contributed by atoms with Gasteiger partial charge < -0.3 is 21.3 Å². The quantitative estimate of drug-likeness (QED) is 0.846. The van der Waals surface area contributed by atoms with Crippen LogP contribution in [0.4, 0.5) is 11.9 Å².